The fraction of sp³-hybridized carbons (Fsp3) is 0.714. The molecule has 0 saturated heterocycles. The van der Waals surface area contributed by atoms with Gasteiger partial charge in [-0.2, -0.15) is 0 Å². The summed E-state index contributed by atoms with van der Waals surface area (Å²) in [6.07, 6.45) is 5.25. The molecule has 0 N–H and O–H groups in total. The van der Waals surface area contributed by atoms with Gasteiger partial charge in [0.15, 0.2) is 0 Å². The van der Waals surface area contributed by atoms with Gasteiger partial charge in [-0.1, -0.05) is 0 Å². The first kappa shape index (κ1) is 5.15. The molecule has 2 unspecified atom stereocenters. The number of hydrogen-bond donors (Lipinski definition) is 0. The highest BCUT2D eigenvalue weighted by Gasteiger charge is 2.24. The lowest BCUT2D eigenvalue weighted by Crippen LogP contribution is -2.20. The second-order valence-corrected chi connectivity index (χ2v) is 2.72. The predicted molar refractivity (Wildman–Crippen MR) is 38.3 cm³/mol. The molecule has 0 aromatic heterocycles. The Morgan fingerprint density at radius 2 is 2.22 bits per heavy atom. The van der Waals surface area contributed by atoms with Crippen LogP contribution in [-0.4, -0.2) is 25.5 Å². The Kier molecular flexibility index (Phi) is 1.11. The number of nitrogens with zero attached hydrogens (tertiary/aromatic N) is 2. The van der Waals surface area contributed by atoms with E-state index < -0.39 is 0 Å². The summed E-state index contributed by atoms with van der Waals surface area (Å²) in [4.78, 5) is 8.43. The number of fused-ring (bicyclic) bond motifs is 1. The van der Waals surface area contributed by atoms with Crippen LogP contribution in [0.1, 0.15) is 6.42 Å². The van der Waals surface area contributed by atoms with Gasteiger partial charge in [-0.25, -0.2) is 0 Å². The summed E-state index contributed by atoms with van der Waals surface area (Å²) in [7, 11) is 0. The zero-order valence-electron chi connectivity index (χ0n) is 5.33. The van der Waals surface area contributed by atoms with Crippen LogP contribution in [0.4, 0.5) is 0 Å². The van der Waals surface area contributed by atoms with Crippen LogP contribution in [0, 0.1) is 11.8 Å². The third kappa shape index (κ3) is 0.784. The van der Waals surface area contributed by atoms with E-state index in [-0.39, 0.29) is 0 Å². The van der Waals surface area contributed by atoms with E-state index in [2.05, 4.69) is 16.2 Å². The molecular formula is C7H10N2. The molecule has 0 fully saturated rings. The van der Waals surface area contributed by atoms with E-state index in [9.17, 15) is 0 Å². The van der Waals surface area contributed by atoms with E-state index in [1.54, 1.807) is 0 Å². The van der Waals surface area contributed by atoms with Crippen LogP contribution < -0.4 is 0 Å². The molecule has 2 aliphatic rings. The molecule has 0 radical (unpaired) electrons. The smallest absolute Gasteiger partial charge is 0.0466 e. The summed E-state index contributed by atoms with van der Waals surface area (Å²) in [5.74, 6) is 1.47. The molecule has 0 amide bonds. The van der Waals surface area contributed by atoms with Crippen molar-refractivity contribution in [2.75, 3.05) is 13.1 Å². The molecule has 9 heavy (non-hydrogen) atoms. The monoisotopic (exact) mass is 122 g/mol. The van der Waals surface area contributed by atoms with Crippen molar-refractivity contribution in [2.45, 2.75) is 6.42 Å². The van der Waals surface area contributed by atoms with Gasteiger partial charge in [0.25, 0.3) is 0 Å². The molecule has 48 valence electrons. The van der Waals surface area contributed by atoms with Gasteiger partial charge >= 0.3 is 0 Å². The first-order valence-electron chi connectivity index (χ1n) is 3.45. The molecule has 0 aromatic rings. The Morgan fingerprint density at radius 1 is 1.22 bits per heavy atom. The van der Waals surface area contributed by atoms with Gasteiger partial charge in [-0.15, -0.1) is 0 Å². The lowest BCUT2D eigenvalue weighted by atomic mass is 9.91. The number of aliphatic imine (C=N–C) groups is 2. The molecule has 0 aliphatic carbocycles. The van der Waals surface area contributed by atoms with Gasteiger partial charge in [0, 0.05) is 25.2 Å². The summed E-state index contributed by atoms with van der Waals surface area (Å²) in [6, 6.07) is 0. The SMILES string of the molecule is C1=NCC2C=NCC2C1. The molecular weight excluding hydrogens is 112 g/mol. The maximum absolute atomic E-state index is 4.22. The lowest BCUT2D eigenvalue weighted by molar-refractivity contribution is 0.471. The Labute approximate surface area is 54.7 Å². The minimum absolute atomic E-state index is 0.676. The minimum Gasteiger partial charge on any atom is -0.297 e. The number of hydrogen-bond acceptors (Lipinski definition) is 2. The quantitative estimate of drug-likeness (QED) is 0.453. The lowest BCUT2D eigenvalue weighted by Gasteiger charge is -2.16. The highest BCUT2D eigenvalue weighted by atomic mass is 14.8. The van der Waals surface area contributed by atoms with Crippen molar-refractivity contribution >= 4 is 12.4 Å². The van der Waals surface area contributed by atoms with Crippen molar-refractivity contribution in [3.8, 4) is 0 Å². The molecule has 0 aromatic carbocycles. The van der Waals surface area contributed by atoms with Crippen molar-refractivity contribution in [2.24, 2.45) is 21.8 Å². The van der Waals surface area contributed by atoms with Gasteiger partial charge in [0.05, 0.1) is 0 Å². The standard InChI is InChI=1S/C7H10N2/c1-2-8-4-7-5-9-3-6(1)7/h2,5-7H,1,3-4H2. The minimum atomic E-state index is 0.676. The van der Waals surface area contributed by atoms with Crippen molar-refractivity contribution in [1.82, 2.24) is 0 Å². The predicted octanol–water partition coefficient (Wildman–Crippen LogP) is 0.778. The third-order valence-corrected chi connectivity index (χ3v) is 2.10. The van der Waals surface area contributed by atoms with E-state index in [1.165, 1.54) is 0 Å². The third-order valence-electron chi connectivity index (χ3n) is 2.10. The average molecular weight is 122 g/mol. The topological polar surface area (TPSA) is 24.7 Å². The Morgan fingerprint density at radius 3 is 3.11 bits per heavy atom. The van der Waals surface area contributed by atoms with E-state index in [0.29, 0.717) is 5.92 Å². The zero-order valence-corrected chi connectivity index (χ0v) is 5.33. The van der Waals surface area contributed by atoms with Crippen molar-refractivity contribution in [3.63, 3.8) is 0 Å². The molecule has 2 rings (SSSR count). The second kappa shape index (κ2) is 1.94. The maximum atomic E-state index is 4.22. The van der Waals surface area contributed by atoms with E-state index in [1.807, 2.05) is 6.21 Å². The van der Waals surface area contributed by atoms with E-state index in [0.717, 1.165) is 25.4 Å². The summed E-state index contributed by atoms with van der Waals surface area (Å²) < 4.78 is 0. The summed E-state index contributed by atoms with van der Waals surface area (Å²) >= 11 is 0. The largest absolute Gasteiger partial charge is 0.297 e. The van der Waals surface area contributed by atoms with Crippen molar-refractivity contribution in [3.05, 3.63) is 0 Å². The van der Waals surface area contributed by atoms with Crippen molar-refractivity contribution in [1.29, 1.82) is 0 Å². The molecule has 2 nitrogen and oxygen atoms in total. The van der Waals surface area contributed by atoms with E-state index in [4.69, 9.17) is 0 Å². The molecule has 2 atom stereocenters. The van der Waals surface area contributed by atoms with Gasteiger partial charge in [-0.3, -0.25) is 9.98 Å². The molecule has 0 saturated carbocycles. The number of rotatable bonds is 0. The Balaban J connectivity index is 2.13. The van der Waals surface area contributed by atoms with Crippen molar-refractivity contribution < 1.29 is 0 Å². The highest BCUT2D eigenvalue weighted by molar-refractivity contribution is 5.69. The van der Waals surface area contributed by atoms with Crippen LogP contribution in [0.3, 0.4) is 0 Å². The van der Waals surface area contributed by atoms with Crippen LogP contribution in [0.2, 0.25) is 0 Å². The molecule has 0 bridgehead atoms. The van der Waals surface area contributed by atoms with Crippen LogP contribution in [-0.2, 0) is 0 Å². The first-order valence-corrected chi connectivity index (χ1v) is 3.45. The molecule has 2 aliphatic heterocycles. The summed E-state index contributed by atoms with van der Waals surface area (Å²) in [5, 5.41) is 0. The fourth-order valence-corrected chi connectivity index (χ4v) is 1.44. The van der Waals surface area contributed by atoms with Gasteiger partial charge < -0.3 is 0 Å². The fourth-order valence-electron chi connectivity index (χ4n) is 1.44. The molecule has 2 heterocycles. The molecule has 2 heteroatoms. The normalized spacial score (nSPS) is 39.1. The Hall–Kier alpha value is -0.660. The van der Waals surface area contributed by atoms with Crippen LogP contribution >= 0.6 is 0 Å². The summed E-state index contributed by atoms with van der Waals surface area (Å²) in [5.41, 5.74) is 0. The van der Waals surface area contributed by atoms with E-state index >= 15 is 0 Å². The van der Waals surface area contributed by atoms with Gasteiger partial charge in [0.1, 0.15) is 0 Å². The van der Waals surface area contributed by atoms with Gasteiger partial charge in [-0.05, 0) is 18.6 Å². The molecule has 0 spiro atoms. The highest BCUT2D eigenvalue weighted by Crippen LogP contribution is 2.22. The zero-order chi connectivity index (χ0) is 6.10. The second-order valence-electron chi connectivity index (χ2n) is 2.72. The van der Waals surface area contributed by atoms with Crippen LogP contribution in [0.25, 0.3) is 0 Å². The average Bonchev–Trinajstić information content (AvgIpc) is 2.33. The maximum Gasteiger partial charge on any atom is 0.0466 e. The Bertz CT molecular complexity index is 160. The summed E-state index contributed by atoms with van der Waals surface area (Å²) in [6.45, 7) is 2.02. The first-order chi connectivity index (χ1) is 4.47. The van der Waals surface area contributed by atoms with Crippen LogP contribution in [0.15, 0.2) is 9.98 Å². The van der Waals surface area contributed by atoms with Crippen LogP contribution in [0.5, 0.6) is 0 Å². The van der Waals surface area contributed by atoms with Gasteiger partial charge in [0.2, 0.25) is 0 Å².